The maximum absolute atomic E-state index is 11.8. The molecule has 0 aromatic rings. The van der Waals surface area contributed by atoms with Gasteiger partial charge >= 0.3 is 6.09 Å². The van der Waals surface area contributed by atoms with Crippen LogP contribution in [0, 0.1) is 0 Å². The quantitative estimate of drug-likeness (QED) is 0.451. The van der Waals surface area contributed by atoms with E-state index in [1.807, 2.05) is 4.90 Å². The molecule has 1 amide bonds. The van der Waals surface area contributed by atoms with Gasteiger partial charge < -0.3 is 4.74 Å². The van der Waals surface area contributed by atoms with Gasteiger partial charge in [0.2, 0.25) is 0 Å². The number of nitrogens with zero attached hydrogens (tertiary/aromatic N) is 1. The molecule has 2 atom stereocenters. The standard InChI is InChI=1S/C12H17NO2/c1-15-10(14)13-11-6-2-3-7-12(11,13)9-5-4-8-11/h2-3H,4-9H2,1H3/t11-,12-/m0/s1. The Morgan fingerprint density at radius 3 is 2.20 bits per heavy atom. The number of hydrogen-bond acceptors (Lipinski definition) is 2. The monoisotopic (exact) mass is 207 g/mol. The van der Waals surface area contributed by atoms with Crippen LogP contribution in [0.1, 0.15) is 38.5 Å². The maximum atomic E-state index is 11.8. The van der Waals surface area contributed by atoms with Crippen molar-refractivity contribution < 1.29 is 9.53 Å². The number of rotatable bonds is 0. The molecule has 3 nitrogen and oxygen atoms in total. The Bertz CT molecular complexity index is 315. The zero-order valence-corrected chi connectivity index (χ0v) is 9.16. The van der Waals surface area contributed by atoms with E-state index in [9.17, 15) is 4.79 Å². The van der Waals surface area contributed by atoms with Crippen LogP contribution in [0.5, 0.6) is 0 Å². The van der Waals surface area contributed by atoms with Crippen LogP contribution in [0.15, 0.2) is 12.2 Å². The van der Waals surface area contributed by atoms with Crippen molar-refractivity contribution in [2.75, 3.05) is 7.11 Å². The summed E-state index contributed by atoms with van der Waals surface area (Å²) in [6.45, 7) is 0. The fourth-order valence-electron chi connectivity index (χ4n) is 3.85. The van der Waals surface area contributed by atoms with Crippen LogP contribution in [-0.4, -0.2) is 29.2 Å². The summed E-state index contributed by atoms with van der Waals surface area (Å²) in [7, 11) is 1.49. The van der Waals surface area contributed by atoms with Crippen molar-refractivity contribution in [2.45, 2.75) is 49.6 Å². The zero-order chi connectivity index (χ0) is 10.5. The van der Waals surface area contributed by atoms with Gasteiger partial charge in [-0.15, -0.1) is 0 Å². The van der Waals surface area contributed by atoms with Crippen molar-refractivity contribution in [1.29, 1.82) is 0 Å². The molecule has 3 heteroatoms. The third kappa shape index (κ3) is 0.894. The van der Waals surface area contributed by atoms with Crippen molar-refractivity contribution in [3.05, 3.63) is 12.2 Å². The third-order valence-electron chi connectivity index (χ3n) is 4.54. The topological polar surface area (TPSA) is 29.3 Å². The van der Waals surface area contributed by atoms with E-state index in [0.29, 0.717) is 0 Å². The van der Waals surface area contributed by atoms with Crippen molar-refractivity contribution >= 4 is 6.09 Å². The average Bonchev–Trinajstić information content (AvgIpc) is 2.92. The normalized spacial score (nSPS) is 41.8. The predicted octanol–water partition coefficient (Wildman–Crippen LogP) is 2.47. The van der Waals surface area contributed by atoms with E-state index in [-0.39, 0.29) is 17.2 Å². The molecule has 0 radical (unpaired) electrons. The van der Waals surface area contributed by atoms with E-state index in [4.69, 9.17) is 4.74 Å². The molecule has 1 saturated carbocycles. The molecule has 1 heterocycles. The van der Waals surface area contributed by atoms with Gasteiger partial charge in [-0.05, 0) is 25.7 Å². The highest BCUT2D eigenvalue weighted by Gasteiger charge is 2.76. The number of carbonyl (C=O) groups excluding carboxylic acids is 1. The first kappa shape index (κ1) is 9.25. The highest BCUT2D eigenvalue weighted by molar-refractivity contribution is 5.76. The lowest BCUT2D eigenvalue weighted by atomic mass is 9.73. The summed E-state index contributed by atoms with van der Waals surface area (Å²) in [4.78, 5) is 13.8. The number of methoxy groups -OCH3 is 1. The zero-order valence-electron chi connectivity index (χ0n) is 9.16. The summed E-state index contributed by atoms with van der Waals surface area (Å²) in [6.07, 6.45) is 11.2. The molecular weight excluding hydrogens is 190 g/mol. The summed E-state index contributed by atoms with van der Waals surface area (Å²) in [5.74, 6) is 0. The summed E-state index contributed by atoms with van der Waals surface area (Å²) in [5.41, 5.74) is 0.264. The second-order valence-electron chi connectivity index (χ2n) is 4.96. The Labute approximate surface area is 90.1 Å². The van der Waals surface area contributed by atoms with E-state index in [0.717, 1.165) is 25.7 Å². The van der Waals surface area contributed by atoms with Gasteiger partial charge in [0.05, 0.1) is 18.2 Å². The number of likely N-dealkylation sites (tertiary alicyclic amines) is 1. The number of hydrogen-bond donors (Lipinski definition) is 0. The van der Waals surface area contributed by atoms with Crippen LogP contribution in [0.3, 0.4) is 0 Å². The lowest BCUT2D eigenvalue weighted by molar-refractivity contribution is 0.142. The van der Waals surface area contributed by atoms with Gasteiger partial charge in [0, 0.05) is 0 Å². The van der Waals surface area contributed by atoms with Crippen LogP contribution in [0.4, 0.5) is 4.79 Å². The lowest BCUT2D eigenvalue weighted by Crippen LogP contribution is -2.30. The molecule has 0 bridgehead atoms. The van der Waals surface area contributed by atoms with E-state index >= 15 is 0 Å². The second kappa shape index (κ2) is 2.77. The maximum Gasteiger partial charge on any atom is 0.410 e. The molecule has 0 N–H and O–H groups in total. The van der Waals surface area contributed by atoms with Crippen LogP contribution >= 0.6 is 0 Å². The molecule has 1 aliphatic heterocycles. The summed E-state index contributed by atoms with van der Waals surface area (Å²) >= 11 is 0. The highest BCUT2D eigenvalue weighted by atomic mass is 16.5. The first-order valence-corrected chi connectivity index (χ1v) is 5.80. The van der Waals surface area contributed by atoms with Crippen LogP contribution in [0.2, 0.25) is 0 Å². The van der Waals surface area contributed by atoms with Crippen molar-refractivity contribution in [1.82, 2.24) is 4.90 Å². The first-order chi connectivity index (χ1) is 7.27. The molecule has 0 aromatic carbocycles. The fourth-order valence-corrected chi connectivity index (χ4v) is 3.85. The Hall–Kier alpha value is -0.990. The van der Waals surface area contributed by atoms with Gasteiger partial charge in [0.1, 0.15) is 0 Å². The minimum atomic E-state index is -0.124. The minimum Gasteiger partial charge on any atom is -0.453 e. The van der Waals surface area contributed by atoms with Crippen molar-refractivity contribution in [2.24, 2.45) is 0 Å². The van der Waals surface area contributed by atoms with Gasteiger partial charge in [0.15, 0.2) is 0 Å². The van der Waals surface area contributed by atoms with Crippen LogP contribution < -0.4 is 0 Å². The van der Waals surface area contributed by atoms with Crippen molar-refractivity contribution in [3.8, 4) is 0 Å². The van der Waals surface area contributed by atoms with E-state index in [2.05, 4.69) is 12.2 Å². The van der Waals surface area contributed by atoms with Crippen molar-refractivity contribution in [3.63, 3.8) is 0 Å². The Morgan fingerprint density at radius 1 is 1.20 bits per heavy atom. The van der Waals surface area contributed by atoms with Gasteiger partial charge in [0.25, 0.3) is 0 Å². The molecule has 0 spiro atoms. The van der Waals surface area contributed by atoms with Gasteiger partial charge in [-0.1, -0.05) is 25.0 Å². The molecule has 82 valence electrons. The lowest BCUT2D eigenvalue weighted by Gasteiger charge is -2.26. The summed E-state index contributed by atoms with van der Waals surface area (Å²) < 4.78 is 4.91. The molecule has 3 rings (SSSR count). The highest BCUT2D eigenvalue weighted by Crippen LogP contribution is 2.65. The molecular formula is C12H17NO2. The SMILES string of the molecule is COC(=O)N1[C@]23CC=CC[C@@]12CCCC3. The van der Waals surface area contributed by atoms with E-state index in [1.54, 1.807) is 0 Å². The molecule has 0 aromatic heterocycles. The molecule has 1 saturated heterocycles. The summed E-state index contributed by atoms with van der Waals surface area (Å²) in [5, 5.41) is 0. The van der Waals surface area contributed by atoms with E-state index in [1.165, 1.54) is 20.0 Å². The largest absolute Gasteiger partial charge is 0.453 e. The second-order valence-corrected chi connectivity index (χ2v) is 4.96. The molecule has 2 aliphatic carbocycles. The van der Waals surface area contributed by atoms with Gasteiger partial charge in [-0.25, -0.2) is 4.79 Å². The Balaban J connectivity index is 1.96. The Kier molecular flexibility index (Phi) is 1.71. The van der Waals surface area contributed by atoms with E-state index < -0.39 is 0 Å². The molecule has 0 unspecified atom stereocenters. The molecule has 2 fully saturated rings. The fraction of sp³-hybridized carbons (Fsp3) is 0.750. The van der Waals surface area contributed by atoms with Gasteiger partial charge in [-0.2, -0.15) is 0 Å². The van der Waals surface area contributed by atoms with Crippen LogP contribution in [0.25, 0.3) is 0 Å². The average molecular weight is 207 g/mol. The first-order valence-electron chi connectivity index (χ1n) is 5.80. The minimum absolute atomic E-state index is 0.124. The summed E-state index contributed by atoms with van der Waals surface area (Å²) in [6, 6.07) is 0. The number of amides is 1. The van der Waals surface area contributed by atoms with Gasteiger partial charge in [-0.3, -0.25) is 4.90 Å². The smallest absolute Gasteiger partial charge is 0.410 e. The van der Waals surface area contributed by atoms with Crippen LogP contribution in [-0.2, 0) is 4.74 Å². The number of carbonyl (C=O) groups is 1. The predicted molar refractivity (Wildman–Crippen MR) is 56.5 cm³/mol. The Morgan fingerprint density at radius 2 is 1.73 bits per heavy atom. The molecule has 3 aliphatic rings. The third-order valence-corrected chi connectivity index (χ3v) is 4.54. The number of ether oxygens (including phenoxy) is 1. The molecule has 15 heavy (non-hydrogen) atoms.